The maximum atomic E-state index is 5.49. The molecule has 0 aromatic carbocycles. The van der Waals surface area contributed by atoms with Crippen molar-refractivity contribution in [3.63, 3.8) is 0 Å². The zero-order valence-electron chi connectivity index (χ0n) is 13.1. The molecule has 1 aromatic heterocycles. The van der Waals surface area contributed by atoms with Crippen molar-refractivity contribution in [1.29, 1.82) is 0 Å². The van der Waals surface area contributed by atoms with E-state index in [1.165, 1.54) is 50.2 Å². The number of rotatable bonds is 4. The number of aromatic nitrogens is 1. The molecule has 2 fully saturated rings. The van der Waals surface area contributed by atoms with Crippen molar-refractivity contribution >= 4 is 5.82 Å². The number of anilines is 1. The lowest BCUT2D eigenvalue weighted by Crippen LogP contribution is -2.39. The van der Waals surface area contributed by atoms with E-state index in [1.807, 2.05) is 6.20 Å². The van der Waals surface area contributed by atoms with Gasteiger partial charge in [-0.25, -0.2) is 4.98 Å². The summed E-state index contributed by atoms with van der Waals surface area (Å²) in [7, 11) is 0. The van der Waals surface area contributed by atoms with E-state index in [1.54, 1.807) is 0 Å². The predicted molar refractivity (Wildman–Crippen MR) is 85.7 cm³/mol. The highest BCUT2D eigenvalue weighted by molar-refractivity contribution is 5.49. The van der Waals surface area contributed by atoms with Crippen LogP contribution >= 0.6 is 0 Å². The van der Waals surface area contributed by atoms with Crippen molar-refractivity contribution in [1.82, 2.24) is 9.88 Å². The molecule has 0 N–H and O–H groups in total. The molecule has 0 aliphatic carbocycles. The number of hydrogen-bond donors (Lipinski definition) is 0. The van der Waals surface area contributed by atoms with E-state index < -0.39 is 0 Å². The first kappa shape index (κ1) is 14.8. The lowest BCUT2D eigenvalue weighted by molar-refractivity contribution is 0.121. The highest BCUT2D eigenvalue weighted by atomic mass is 16.5. The van der Waals surface area contributed by atoms with Gasteiger partial charge in [-0.2, -0.15) is 0 Å². The van der Waals surface area contributed by atoms with Crippen molar-refractivity contribution in [2.24, 2.45) is 0 Å². The lowest BCUT2D eigenvalue weighted by atomic mass is 9.95. The predicted octanol–water partition coefficient (Wildman–Crippen LogP) is 2.86. The molecule has 4 nitrogen and oxygen atoms in total. The average Bonchev–Trinajstić information content (AvgIpc) is 2.57. The van der Waals surface area contributed by atoms with Crippen LogP contribution in [-0.2, 0) is 4.74 Å². The molecule has 21 heavy (non-hydrogen) atoms. The van der Waals surface area contributed by atoms with Crippen molar-refractivity contribution in [2.45, 2.75) is 38.6 Å². The van der Waals surface area contributed by atoms with Crippen LogP contribution in [0, 0.1) is 0 Å². The van der Waals surface area contributed by atoms with Crippen LogP contribution in [0.15, 0.2) is 18.3 Å². The Labute approximate surface area is 128 Å². The number of hydrogen-bond acceptors (Lipinski definition) is 4. The molecule has 2 saturated heterocycles. The molecule has 1 atom stereocenters. The van der Waals surface area contributed by atoms with Gasteiger partial charge in [0.15, 0.2) is 0 Å². The fourth-order valence-corrected chi connectivity index (χ4v) is 3.61. The summed E-state index contributed by atoms with van der Waals surface area (Å²) >= 11 is 0. The summed E-state index contributed by atoms with van der Waals surface area (Å²) < 4.78 is 5.49. The lowest BCUT2D eigenvalue weighted by Gasteiger charge is -2.38. The van der Waals surface area contributed by atoms with Crippen LogP contribution in [-0.4, -0.2) is 49.3 Å². The zero-order valence-corrected chi connectivity index (χ0v) is 13.1. The SMILES string of the molecule is CCCN1CCCC[C@@H]1c1cccnc1N1CCOCC1. The molecule has 2 aliphatic heterocycles. The van der Waals surface area contributed by atoms with Gasteiger partial charge in [-0.15, -0.1) is 0 Å². The maximum Gasteiger partial charge on any atom is 0.133 e. The summed E-state index contributed by atoms with van der Waals surface area (Å²) in [6.45, 7) is 8.27. The van der Waals surface area contributed by atoms with Gasteiger partial charge in [-0.3, -0.25) is 4.90 Å². The highest BCUT2D eigenvalue weighted by Crippen LogP contribution is 2.35. The number of pyridine rings is 1. The van der Waals surface area contributed by atoms with Gasteiger partial charge in [0.05, 0.1) is 13.2 Å². The second-order valence-electron chi connectivity index (χ2n) is 6.06. The zero-order chi connectivity index (χ0) is 14.5. The number of likely N-dealkylation sites (tertiary alicyclic amines) is 1. The molecule has 0 saturated carbocycles. The fraction of sp³-hybridized carbons (Fsp3) is 0.706. The van der Waals surface area contributed by atoms with E-state index in [4.69, 9.17) is 9.72 Å². The van der Waals surface area contributed by atoms with Gasteiger partial charge in [-0.1, -0.05) is 19.4 Å². The molecule has 4 heteroatoms. The van der Waals surface area contributed by atoms with E-state index in [-0.39, 0.29) is 0 Å². The normalized spacial score (nSPS) is 24.2. The van der Waals surface area contributed by atoms with Crippen LogP contribution in [0.25, 0.3) is 0 Å². The van der Waals surface area contributed by atoms with Gasteiger partial charge < -0.3 is 9.64 Å². The van der Waals surface area contributed by atoms with Crippen molar-refractivity contribution in [2.75, 3.05) is 44.3 Å². The Balaban J connectivity index is 1.85. The third-order valence-corrected chi connectivity index (χ3v) is 4.61. The molecule has 0 spiro atoms. The smallest absolute Gasteiger partial charge is 0.133 e. The van der Waals surface area contributed by atoms with Crippen molar-refractivity contribution in [3.8, 4) is 0 Å². The van der Waals surface area contributed by atoms with Gasteiger partial charge in [0.1, 0.15) is 5.82 Å². The summed E-state index contributed by atoms with van der Waals surface area (Å²) in [6, 6.07) is 4.93. The van der Waals surface area contributed by atoms with E-state index in [2.05, 4.69) is 28.9 Å². The number of morpholine rings is 1. The molecule has 116 valence electrons. The minimum atomic E-state index is 0.547. The Bertz CT molecular complexity index is 443. The van der Waals surface area contributed by atoms with Gasteiger partial charge in [-0.05, 0) is 38.4 Å². The Morgan fingerprint density at radius 1 is 1.24 bits per heavy atom. The summed E-state index contributed by atoms with van der Waals surface area (Å²) in [5.41, 5.74) is 1.42. The third-order valence-electron chi connectivity index (χ3n) is 4.61. The second-order valence-corrected chi connectivity index (χ2v) is 6.06. The van der Waals surface area contributed by atoms with Crippen LogP contribution < -0.4 is 4.90 Å². The molecule has 0 radical (unpaired) electrons. The second kappa shape index (κ2) is 7.23. The molecule has 2 aliphatic rings. The fourth-order valence-electron chi connectivity index (χ4n) is 3.61. The number of ether oxygens (including phenoxy) is 1. The molecule has 1 aromatic rings. The monoisotopic (exact) mass is 289 g/mol. The third kappa shape index (κ3) is 3.38. The number of piperidine rings is 1. The van der Waals surface area contributed by atoms with Gasteiger partial charge in [0.25, 0.3) is 0 Å². The molecule has 3 rings (SSSR count). The molecular weight excluding hydrogens is 262 g/mol. The van der Waals surface area contributed by atoms with Gasteiger partial charge >= 0.3 is 0 Å². The van der Waals surface area contributed by atoms with E-state index in [0.29, 0.717) is 6.04 Å². The average molecular weight is 289 g/mol. The van der Waals surface area contributed by atoms with E-state index >= 15 is 0 Å². The summed E-state index contributed by atoms with van der Waals surface area (Å²) in [4.78, 5) is 9.77. The summed E-state index contributed by atoms with van der Waals surface area (Å²) in [5, 5.41) is 0. The first-order valence-electron chi connectivity index (χ1n) is 8.42. The van der Waals surface area contributed by atoms with Crippen LogP contribution in [0.1, 0.15) is 44.2 Å². The standard InChI is InChI=1S/C17H27N3O/c1-2-9-19-10-4-3-7-16(19)15-6-5-8-18-17(15)20-11-13-21-14-12-20/h5-6,8,16H,2-4,7,9-14H2,1H3/t16-/m1/s1. The molecule has 3 heterocycles. The molecule has 0 amide bonds. The van der Waals surface area contributed by atoms with Gasteiger partial charge in [0.2, 0.25) is 0 Å². The quantitative estimate of drug-likeness (QED) is 0.852. The van der Waals surface area contributed by atoms with Gasteiger partial charge in [0, 0.05) is 30.9 Å². The van der Waals surface area contributed by atoms with Crippen LogP contribution in [0.4, 0.5) is 5.82 Å². The van der Waals surface area contributed by atoms with Crippen LogP contribution in [0.2, 0.25) is 0 Å². The largest absolute Gasteiger partial charge is 0.378 e. The Hall–Kier alpha value is -1.13. The minimum Gasteiger partial charge on any atom is -0.378 e. The van der Waals surface area contributed by atoms with Crippen LogP contribution in [0.3, 0.4) is 0 Å². The Morgan fingerprint density at radius 2 is 2.10 bits per heavy atom. The maximum absolute atomic E-state index is 5.49. The number of nitrogens with zero attached hydrogens (tertiary/aromatic N) is 3. The Kier molecular flexibility index (Phi) is 5.09. The summed E-state index contributed by atoms with van der Waals surface area (Å²) in [6.07, 6.45) is 7.10. The van der Waals surface area contributed by atoms with Crippen molar-refractivity contribution < 1.29 is 4.74 Å². The molecular formula is C17H27N3O. The minimum absolute atomic E-state index is 0.547. The molecule has 0 bridgehead atoms. The van der Waals surface area contributed by atoms with E-state index in [9.17, 15) is 0 Å². The molecule has 0 unspecified atom stereocenters. The first-order chi connectivity index (χ1) is 10.4. The summed E-state index contributed by atoms with van der Waals surface area (Å²) in [5.74, 6) is 1.19. The van der Waals surface area contributed by atoms with E-state index in [0.717, 1.165) is 26.3 Å². The van der Waals surface area contributed by atoms with Crippen LogP contribution in [0.5, 0.6) is 0 Å². The van der Waals surface area contributed by atoms with Crippen molar-refractivity contribution in [3.05, 3.63) is 23.9 Å². The topological polar surface area (TPSA) is 28.6 Å². The Morgan fingerprint density at radius 3 is 2.90 bits per heavy atom. The highest BCUT2D eigenvalue weighted by Gasteiger charge is 2.27. The first-order valence-corrected chi connectivity index (χ1v) is 8.42.